The zero-order valence-electron chi connectivity index (χ0n) is 17.7. The third-order valence-electron chi connectivity index (χ3n) is 5.84. The third kappa shape index (κ3) is 3.78. The number of anilines is 1. The SMILES string of the molecule is CN1C(=O)N(c2cccc(C(F)F)c2)C2=C(C(=O)CC2)C1c1ccc(C#N)cc1S(C)(=O)=O. The van der Waals surface area contributed by atoms with E-state index in [0.717, 1.165) is 6.26 Å². The van der Waals surface area contributed by atoms with Gasteiger partial charge in [0.2, 0.25) is 0 Å². The lowest BCUT2D eigenvalue weighted by Crippen LogP contribution is -2.48. The number of benzene rings is 2. The lowest BCUT2D eigenvalue weighted by Gasteiger charge is -2.40. The molecule has 4 rings (SSSR count). The van der Waals surface area contributed by atoms with Crippen molar-refractivity contribution in [2.24, 2.45) is 0 Å². The highest BCUT2D eigenvalue weighted by Crippen LogP contribution is 2.45. The Kier molecular flexibility index (Phi) is 5.54. The van der Waals surface area contributed by atoms with Crippen LogP contribution in [-0.4, -0.2) is 38.4 Å². The molecular formula is C23H19F2N3O4S. The maximum absolute atomic E-state index is 13.4. The molecule has 10 heteroatoms. The monoisotopic (exact) mass is 471 g/mol. The fraction of sp³-hybridized carbons (Fsp3) is 0.261. The van der Waals surface area contributed by atoms with E-state index in [9.17, 15) is 32.0 Å². The molecule has 0 aromatic heterocycles. The summed E-state index contributed by atoms with van der Waals surface area (Å²) < 4.78 is 51.6. The minimum Gasteiger partial charge on any atom is -0.316 e. The summed E-state index contributed by atoms with van der Waals surface area (Å²) in [5.41, 5.74) is 0.881. The second-order valence-electron chi connectivity index (χ2n) is 7.95. The Morgan fingerprint density at radius 3 is 2.48 bits per heavy atom. The lowest BCUT2D eigenvalue weighted by atomic mass is 9.92. The number of carbonyl (C=O) groups excluding carboxylic acids is 2. The highest BCUT2D eigenvalue weighted by atomic mass is 32.2. The van der Waals surface area contributed by atoms with Gasteiger partial charge in [0.25, 0.3) is 6.43 Å². The van der Waals surface area contributed by atoms with Gasteiger partial charge in [-0.25, -0.2) is 22.0 Å². The van der Waals surface area contributed by atoms with Crippen molar-refractivity contribution < 1.29 is 26.8 Å². The number of hydrogen-bond acceptors (Lipinski definition) is 5. The quantitative estimate of drug-likeness (QED) is 0.668. The summed E-state index contributed by atoms with van der Waals surface area (Å²) in [5.74, 6) is -0.256. The summed E-state index contributed by atoms with van der Waals surface area (Å²) >= 11 is 0. The number of urea groups is 1. The molecule has 33 heavy (non-hydrogen) atoms. The molecule has 2 amide bonds. The van der Waals surface area contributed by atoms with E-state index in [1.807, 2.05) is 6.07 Å². The average molecular weight is 471 g/mol. The summed E-state index contributed by atoms with van der Waals surface area (Å²) in [6.07, 6.45) is -1.42. The summed E-state index contributed by atoms with van der Waals surface area (Å²) in [6.45, 7) is 0. The first-order valence-corrected chi connectivity index (χ1v) is 11.9. The maximum atomic E-state index is 13.4. The predicted octanol–water partition coefficient (Wildman–Crippen LogP) is 4.13. The Bertz CT molecular complexity index is 1360. The van der Waals surface area contributed by atoms with Crippen LogP contribution < -0.4 is 4.90 Å². The van der Waals surface area contributed by atoms with Crippen LogP contribution in [0, 0.1) is 11.3 Å². The third-order valence-corrected chi connectivity index (χ3v) is 6.99. The fourth-order valence-electron chi connectivity index (χ4n) is 4.36. The Balaban J connectivity index is 1.95. The molecule has 1 aliphatic carbocycles. The number of likely N-dealkylation sites (N-methyl/N-ethyl adjacent to an activating group) is 1. The van der Waals surface area contributed by atoms with E-state index in [1.54, 1.807) is 0 Å². The number of rotatable bonds is 4. The second kappa shape index (κ2) is 8.08. The van der Waals surface area contributed by atoms with Crippen molar-refractivity contribution in [3.8, 4) is 6.07 Å². The van der Waals surface area contributed by atoms with E-state index >= 15 is 0 Å². The van der Waals surface area contributed by atoms with Gasteiger partial charge in [-0.2, -0.15) is 5.26 Å². The summed E-state index contributed by atoms with van der Waals surface area (Å²) in [5, 5.41) is 9.20. The molecule has 0 saturated carbocycles. The first-order chi connectivity index (χ1) is 15.5. The normalized spacial score (nSPS) is 18.7. The summed E-state index contributed by atoms with van der Waals surface area (Å²) in [7, 11) is -2.38. The minimum atomic E-state index is -3.80. The van der Waals surface area contributed by atoms with Crippen LogP contribution in [0.1, 0.15) is 42.0 Å². The van der Waals surface area contributed by atoms with Gasteiger partial charge in [-0.05, 0) is 36.2 Å². The smallest absolute Gasteiger partial charge is 0.316 e. The van der Waals surface area contributed by atoms with Gasteiger partial charge in [0.15, 0.2) is 15.6 Å². The number of Topliss-reactive ketones (excluding diaryl/α,β-unsaturated/α-hetero) is 1. The van der Waals surface area contributed by atoms with Gasteiger partial charge in [0, 0.05) is 36.6 Å². The van der Waals surface area contributed by atoms with Crippen molar-refractivity contribution in [3.05, 3.63) is 70.4 Å². The second-order valence-corrected chi connectivity index (χ2v) is 9.93. The van der Waals surface area contributed by atoms with E-state index in [-0.39, 0.29) is 51.5 Å². The number of ketones is 1. The van der Waals surface area contributed by atoms with E-state index < -0.39 is 28.3 Å². The van der Waals surface area contributed by atoms with Gasteiger partial charge in [0.1, 0.15) is 0 Å². The fourth-order valence-corrected chi connectivity index (χ4v) is 5.31. The minimum absolute atomic E-state index is 0.109. The Morgan fingerprint density at radius 2 is 1.85 bits per heavy atom. The standard InChI is InChI=1S/C23H19F2N3O4S/c1-27-21(16-7-6-13(12-26)10-19(16)33(2,31)32)20-17(8-9-18(20)29)28(23(27)30)15-5-3-4-14(11-15)22(24)25/h3-7,10-11,21-22H,8-9H2,1-2H3. The molecule has 7 nitrogen and oxygen atoms in total. The van der Waals surface area contributed by atoms with Crippen molar-refractivity contribution in [2.45, 2.75) is 30.2 Å². The van der Waals surface area contributed by atoms with Crippen LogP contribution in [0.25, 0.3) is 0 Å². The molecule has 1 heterocycles. The van der Waals surface area contributed by atoms with Gasteiger partial charge < -0.3 is 4.90 Å². The number of amides is 2. The van der Waals surface area contributed by atoms with Crippen LogP contribution in [0.15, 0.2) is 58.6 Å². The molecule has 1 aliphatic heterocycles. The Morgan fingerprint density at radius 1 is 1.12 bits per heavy atom. The summed E-state index contributed by atoms with van der Waals surface area (Å²) in [6, 6.07) is 9.79. The number of carbonyl (C=O) groups is 2. The topological polar surface area (TPSA) is 98.5 Å². The van der Waals surface area contributed by atoms with Crippen molar-refractivity contribution >= 4 is 27.3 Å². The molecule has 170 valence electrons. The largest absolute Gasteiger partial charge is 0.329 e. The van der Waals surface area contributed by atoms with Gasteiger partial charge in [-0.15, -0.1) is 0 Å². The molecule has 0 bridgehead atoms. The first kappa shape index (κ1) is 22.6. The molecule has 0 radical (unpaired) electrons. The Labute approximate surface area is 189 Å². The molecule has 2 aliphatic rings. The van der Waals surface area contributed by atoms with Crippen LogP contribution in [0.4, 0.5) is 19.3 Å². The van der Waals surface area contributed by atoms with Gasteiger partial charge in [0.05, 0.1) is 28.3 Å². The van der Waals surface area contributed by atoms with Crippen molar-refractivity contribution in [1.82, 2.24) is 4.90 Å². The zero-order chi connectivity index (χ0) is 24.1. The molecule has 1 unspecified atom stereocenters. The van der Waals surface area contributed by atoms with E-state index in [0.29, 0.717) is 5.70 Å². The molecule has 1 atom stereocenters. The van der Waals surface area contributed by atoms with E-state index in [1.165, 1.54) is 59.3 Å². The predicted molar refractivity (Wildman–Crippen MR) is 115 cm³/mol. The average Bonchev–Trinajstić information content (AvgIpc) is 3.14. The number of hydrogen-bond donors (Lipinski definition) is 0. The first-order valence-electron chi connectivity index (χ1n) is 10.00. The van der Waals surface area contributed by atoms with Gasteiger partial charge in [-0.1, -0.05) is 18.2 Å². The summed E-state index contributed by atoms with van der Waals surface area (Å²) in [4.78, 5) is 28.7. The van der Waals surface area contributed by atoms with Crippen LogP contribution in [-0.2, 0) is 14.6 Å². The number of halogens is 2. The molecule has 0 spiro atoms. The molecule has 0 saturated heterocycles. The van der Waals surface area contributed by atoms with Gasteiger partial charge >= 0.3 is 6.03 Å². The highest BCUT2D eigenvalue weighted by Gasteiger charge is 2.45. The van der Waals surface area contributed by atoms with Gasteiger partial charge in [-0.3, -0.25) is 9.69 Å². The molecule has 2 aromatic carbocycles. The number of alkyl halides is 2. The van der Waals surface area contributed by atoms with Crippen molar-refractivity contribution in [1.29, 1.82) is 5.26 Å². The number of nitriles is 1. The van der Waals surface area contributed by atoms with Crippen LogP contribution in [0.3, 0.4) is 0 Å². The number of allylic oxidation sites excluding steroid dienone is 1. The van der Waals surface area contributed by atoms with E-state index in [4.69, 9.17) is 0 Å². The Hall–Kier alpha value is -3.58. The van der Waals surface area contributed by atoms with Crippen molar-refractivity contribution in [2.75, 3.05) is 18.2 Å². The van der Waals surface area contributed by atoms with Crippen LogP contribution in [0.5, 0.6) is 0 Å². The number of sulfone groups is 1. The molecule has 2 aromatic rings. The van der Waals surface area contributed by atoms with E-state index in [2.05, 4.69) is 0 Å². The molecule has 0 N–H and O–H groups in total. The zero-order valence-corrected chi connectivity index (χ0v) is 18.6. The van der Waals surface area contributed by atoms with Crippen LogP contribution in [0.2, 0.25) is 0 Å². The van der Waals surface area contributed by atoms with Crippen molar-refractivity contribution in [3.63, 3.8) is 0 Å². The lowest BCUT2D eigenvalue weighted by molar-refractivity contribution is -0.115. The van der Waals surface area contributed by atoms with Crippen LogP contribution >= 0.6 is 0 Å². The molecular weight excluding hydrogens is 452 g/mol. The molecule has 0 fully saturated rings. The maximum Gasteiger partial charge on any atom is 0.329 e. The highest BCUT2D eigenvalue weighted by molar-refractivity contribution is 7.90. The number of nitrogens with zero attached hydrogens (tertiary/aromatic N) is 3.